The minimum absolute atomic E-state index is 0.257. The Hall–Kier alpha value is -0.530. The fourth-order valence-electron chi connectivity index (χ4n) is 1.05. The smallest absolute Gasteiger partial charge is 0.121 e. The molecule has 0 fully saturated rings. The highest BCUT2D eigenvalue weighted by atomic mass is 35.5. The molecule has 0 aromatic heterocycles. The van der Waals surface area contributed by atoms with Crippen LogP contribution in [0.25, 0.3) is 0 Å². The number of aryl methyl sites for hydroxylation is 2. The molecule has 12 heavy (non-hydrogen) atoms. The summed E-state index contributed by atoms with van der Waals surface area (Å²) < 4.78 is 5.08. The zero-order valence-electron chi connectivity index (χ0n) is 7.43. The lowest BCUT2D eigenvalue weighted by atomic mass is 10.1. The molecule has 0 aliphatic heterocycles. The predicted octanol–water partition coefficient (Wildman–Crippen LogP) is 3.02. The van der Waals surface area contributed by atoms with Gasteiger partial charge in [0.2, 0.25) is 0 Å². The fraction of sp³-hybridized carbons (Fsp3) is 0.400. The maximum Gasteiger partial charge on any atom is 0.121 e. The van der Waals surface area contributed by atoms with Crippen LogP contribution in [-0.2, 0) is 11.3 Å². The molecule has 2 heteroatoms. The summed E-state index contributed by atoms with van der Waals surface area (Å²) in [4.78, 5) is 0. The van der Waals surface area contributed by atoms with Crippen LogP contribution in [0.4, 0.5) is 0 Å². The van der Waals surface area contributed by atoms with Gasteiger partial charge in [-0.25, -0.2) is 0 Å². The number of alkyl halides is 1. The van der Waals surface area contributed by atoms with Crippen molar-refractivity contribution in [2.75, 3.05) is 6.07 Å². The molecule has 0 aliphatic rings. The van der Waals surface area contributed by atoms with E-state index < -0.39 is 0 Å². The van der Waals surface area contributed by atoms with Crippen LogP contribution in [0.15, 0.2) is 18.2 Å². The van der Waals surface area contributed by atoms with Gasteiger partial charge >= 0.3 is 0 Å². The Morgan fingerprint density at radius 2 is 2.00 bits per heavy atom. The summed E-state index contributed by atoms with van der Waals surface area (Å²) in [5, 5.41) is 0. The average Bonchev–Trinajstić information content (AvgIpc) is 2.07. The van der Waals surface area contributed by atoms with Crippen molar-refractivity contribution in [1.29, 1.82) is 0 Å². The standard InChI is InChI=1S/C10H13ClO/c1-8-3-4-10(5-9(8)2)6-12-7-11/h3-5H,6-7H2,1-2H3. The number of halogens is 1. The lowest BCUT2D eigenvalue weighted by Gasteiger charge is -2.04. The molecular weight excluding hydrogens is 172 g/mol. The molecule has 0 heterocycles. The van der Waals surface area contributed by atoms with Gasteiger partial charge in [-0.2, -0.15) is 0 Å². The third-order valence-corrected chi connectivity index (χ3v) is 2.07. The highest BCUT2D eigenvalue weighted by molar-refractivity contribution is 6.17. The molecular formula is C10H13ClO. The van der Waals surface area contributed by atoms with E-state index in [0.717, 1.165) is 0 Å². The fourth-order valence-corrected chi connectivity index (χ4v) is 1.13. The maximum absolute atomic E-state index is 5.40. The lowest BCUT2D eigenvalue weighted by Crippen LogP contribution is -1.91. The van der Waals surface area contributed by atoms with E-state index in [0.29, 0.717) is 6.61 Å². The molecule has 0 saturated heterocycles. The zero-order valence-corrected chi connectivity index (χ0v) is 8.19. The second kappa shape index (κ2) is 4.48. The number of ether oxygens (including phenoxy) is 1. The zero-order chi connectivity index (χ0) is 8.97. The van der Waals surface area contributed by atoms with Gasteiger partial charge in [0, 0.05) is 0 Å². The maximum atomic E-state index is 5.40. The Labute approximate surface area is 78.3 Å². The highest BCUT2D eigenvalue weighted by Crippen LogP contribution is 2.10. The third kappa shape index (κ3) is 2.50. The summed E-state index contributed by atoms with van der Waals surface area (Å²) in [6.07, 6.45) is 0. The second-order valence-electron chi connectivity index (χ2n) is 2.88. The number of rotatable bonds is 3. The Bertz CT molecular complexity index is 258. The van der Waals surface area contributed by atoms with E-state index in [-0.39, 0.29) is 6.07 Å². The molecule has 0 N–H and O–H groups in total. The average molecular weight is 185 g/mol. The molecule has 0 radical (unpaired) electrons. The highest BCUT2D eigenvalue weighted by Gasteiger charge is 1.95. The van der Waals surface area contributed by atoms with Crippen LogP contribution in [0.1, 0.15) is 16.7 Å². The van der Waals surface area contributed by atoms with Crippen molar-refractivity contribution in [3.8, 4) is 0 Å². The van der Waals surface area contributed by atoms with Crippen molar-refractivity contribution in [2.45, 2.75) is 20.5 Å². The quantitative estimate of drug-likeness (QED) is 0.657. The predicted molar refractivity (Wildman–Crippen MR) is 51.4 cm³/mol. The molecule has 0 saturated carbocycles. The first-order valence-corrected chi connectivity index (χ1v) is 4.47. The molecule has 0 atom stereocenters. The van der Waals surface area contributed by atoms with E-state index in [4.69, 9.17) is 16.3 Å². The van der Waals surface area contributed by atoms with Crippen LogP contribution in [0.2, 0.25) is 0 Å². The van der Waals surface area contributed by atoms with Crippen LogP contribution >= 0.6 is 11.6 Å². The Morgan fingerprint density at radius 1 is 1.25 bits per heavy atom. The molecule has 1 rings (SSSR count). The van der Waals surface area contributed by atoms with Gasteiger partial charge in [0.25, 0.3) is 0 Å². The minimum Gasteiger partial charge on any atom is -0.361 e. The number of hydrogen-bond acceptors (Lipinski definition) is 1. The molecule has 0 unspecified atom stereocenters. The Morgan fingerprint density at radius 3 is 2.58 bits per heavy atom. The first kappa shape index (κ1) is 9.56. The van der Waals surface area contributed by atoms with Gasteiger partial charge in [-0.1, -0.05) is 29.8 Å². The molecule has 1 aromatic carbocycles. The van der Waals surface area contributed by atoms with Gasteiger partial charge in [-0.3, -0.25) is 0 Å². The van der Waals surface area contributed by atoms with Gasteiger partial charge < -0.3 is 4.74 Å². The summed E-state index contributed by atoms with van der Waals surface area (Å²) in [5.74, 6) is 0. The van der Waals surface area contributed by atoms with Gasteiger partial charge in [-0.15, -0.1) is 0 Å². The third-order valence-electron chi connectivity index (χ3n) is 1.92. The molecule has 0 amide bonds. The van der Waals surface area contributed by atoms with Gasteiger partial charge in [0.15, 0.2) is 0 Å². The van der Waals surface area contributed by atoms with Crippen molar-refractivity contribution in [2.24, 2.45) is 0 Å². The van der Waals surface area contributed by atoms with E-state index in [1.54, 1.807) is 0 Å². The topological polar surface area (TPSA) is 9.23 Å². The van der Waals surface area contributed by atoms with Gasteiger partial charge in [-0.05, 0) is 30.5 Å². The molecule has 0 bridgehead atoms. The van der Waals surface area contributed by atoms with Crippen LogP contribution in [0.3, 0.4) is 0 Å². The molecule has 0 aliphatic carbocycles. The summed E-state index contributed by atoms with van der Waals surface area (Å²) in [7, 11) is 0. The first-order chi connectivity index (χ1) is 5.74. The molecule has 66 valence electrons. The summed E-state index contributed by atoms with van der Waals surface area (Å²) in [6, 6.07) is 6.55. The minimum atomic E-state index is 0.257. The number of benzene rings is 1. The van der Waals surface area contributed by atoms with Crippen molar-refractivity contribution < 1.29 is 4.74 Å². The van der Waals surface area contributed by atoms with Crippen LogP contribution in [0, 0.1) is 13.8 Å². The Balaban J connectivity index is 2.69. The van der Waals surface area contributed by atoms with Crippen molar-refractivity contribution in [3.05, 3.63) is 34.9 Å². The van der Waals surface area contributed by atoms with Crippen molar-refractivity contribution in [1.82, 2.24) is 0 Å². The van der Waals surface area contributed by atoms with Crippen LogP contribution in [0.5, 0.6) is 0 Å². The van der Waals surface area contributed by atoms with E-state index in [1.165, 1.54) is 16.7 Å². The molecule has 1 nitrogen and oxygen atoms in total. The molecule has 0 spiro atoms. The van der Waals surface area contributed by atoms with E-state index in [2.05, 4.69) is 32.0 Å². The molecule has 1 aromatic rings. The van der Waals surface area contributed by atoms with Gasteiger partial charge in [0.05, 0.1) is 6.61 Å². The monoisotopic (exact) mass is 184 g/mol. The van der Waals surface area contributed by atoms with E-state index in [1.807, 2.05) is 0 Å². The van der Waals surface area contributed by atoms with Crippen molar-refractivity contribution in [3.63, 3.8) is 0 Å². The van der Waals surface area contributed by atoms with E-state index in [9.17, 15) is 0 Å². The summed E-state index contributed by atoms with van der Waals surface area (Å²) in [6.45, 7) is 4.80. The normalized spacial score (nSPS) is 10.2. The van der Waals surface area contributed by atoms with Gasteiger partial charge in [0.1, 0.15) is 6.07 Å². The van der Waals surface area contributed by atoms with Crippen molar-refractivity contribution >= 4 is 11.6 Å². The first-order valence-electron chi connectivity index (χ1n) is 3.94. The number of hydrogen-bond donors (Lipinski definition) is 0. The summed E-state index contributed by atoms with van der Waals surface area (Å²) >= 11 is 5.40. The Kier molecular flexibility index (Phi) is 3.57. The van der Waals surface area contributed by atoms with Crippen LogP contribution in [-0.4, -0.2) is 6.07 Å². The second-order valence-corrected chi connectivity index (χ2v) is 3.09. The largest absolute Gasteiger partial charge is 0.361 e. The van der Waals surface area contributed by atoms with Crippen LogP contribution < -0.4 is 0 Å². The van der Waals surface area contributed by atoms with E-state index >= 15 is 0 Å². The summed E-state index contributed by atoms with van der Waals surface area (Å²) in [5.41, 5.74) is 3.79. The SMILES string of the molecule is Cc1ccc(COCCl)cc1C. The lowest BCUT2D eigenvalue weighted by molar-refractivity contribution is 0.165.